The second-order valence-corrected chi connectivity index (χ2v) is 7.05. The molecule has 0 aromatic carbocycles. The maximum absolute atomic E-state index is 12.7. The van der Waals surface area contributed by atoms with Crippen LogP contribution in [-0.2, 0) is 4.79 Å². The van der Waals surface area contributed by atoms with Crippen LogP contribution in [0.4, 0.5) is 4.79 Å². The van der Waals surface area contributed by atoms with Gasteiger partial charge in [0.1, 0.15) is 0 Å². The quantitative estimate of drug-likeness (QED) is 0.867. The number of carboxylic acids is 1. The summed E-state index contributed by atoms with van der Waals surface area (Å²) in [6.45, 7) is 2.07. The van der Waals surface area contributed by atoms with Gasteiger partial charge in [0, 0.05) is 25.7 Å². The smallest absolute Gasteiger partial charge is 0.320 e. The van der Waals surface area contributed by atoms with E-state index in [9.17, 15) is 9.59 Å². The van der Waals surface area contributed by atoms with Crippen LogP contribution in [0.3, 0.4) is 0 Å². The van der Waals surface area contributed by atoms with E-state index in [1.807, 2.05) is 4.90 Å². The van der Waals surface area contributed by atoms with Gasteiger partial charge in [-0.2, -0.15) is 0 Å². The lowest BCUT2D eigenvalue weighted by molar-refractivity contribution is -0.137. The van der Waals surface area contributed by atoms with Gasteiger partial charge in [0.2, 0.25) is 0 Å². The largest absolute Gasteiger partial charge is 0.481 e. The highest BCUT2D eigenvalue weighted by Crippen LogP contribution is 2.46. The monoisotopic (exact) mass is 294 g/mol. The zero-order valence-electron chi connectivity index (χ0n) is 12.7. The minimum Gasteiger partial charge on any atom is -0.481 e. The average molecular weight is 294 g/mol. The molecular formula is C16H26N2O3. The molecule has 21 heavy (non-hydrogen) atoms. The van der Waals surface area contributed by atoms with Crippen molar-refractivity contribution in [3.8, 4) is 0 Å². The summed E-state index contributed by atoms with van der Waals surface area (Å²) in [5.41, 5.74) is 0.516. The van der Waals surface area contributed by atoms with Crippen molar-refractivity contribution >= 4 is 12.0 Å². The van der Waals surface area contributed by atoms with Gasteiger partial charge in [-0.3, -0.25) is 4.79 Å². The Kier molecular flexibility index (Phi) is 4.09. The molecule has 3 aliphatic rings. The molecule has 3 rings (SSSR count). The number of amides is 2. The number of hydrogen-bond donors (Lipinski definition) is 1. The van der Waals surface area contributed by atoms with Gasteiger partial charge in [-0.25, -0.2) is 4.79 Å². The van der Waals surface area contributed by atoms with Gasteiger partial charge >= 0.3 is 12.0 Å². The first-order valence-corrected chi connectivity index (χ1v) is 8.37. The SMILES string of the molecule is O=C(O)CCN(C(=O)N1CCC2(CCCC2)CC1)C1CC1. The molecule has 0 bridgehead atoms. The number of nitrogens with zero attached hydrogens (tertiary/aromatic N) is 2. The van der Waals surface area contributed by atoms with Gasteiger partial charge in [0.05, 0.1) is 6.42 Å². The van der Waals surface area contributed by atoms with Crippen molar-refractivity contribution in [3.63, 3.8) is 0 Å². The van der Waals surface area contributed by atoms with Crippen molar-refractivity contribution in [1.82, 2.24) is 9.80 Å². The Morgan fingerprint density at radius 3 is 2.24 bits per heavy atom. The van der Waals surface area contributed by atoms with Crippen molar-refractivity contribution in [2.75, 3.05) is 19.6 Å². The third-order valence-corrected chi connectivity index (χ3v) is 5.56. The molecule has 1 N–H and O–H groups in total. The number of carboxylic acid groups (broad SMARTS) is 1. The standard InChI is InChI=1S/C16H26N2O3/c19-14(20)5-10-18(13-3-4-13)15(21)17-11-8-16(9-12-17)6-1-2-7-16/h13H,1-12H2,(H,19,20). The van der Waals surface area contributed by atoms with E-state index in [1.165, 1.54) is 25.7 Å². The summed E-state index contributed by atoms with van der Waals surface area (Å²) >= 11 is 0. The fraction of sp³-hybridized carbons (Fsp3) is 0.875. The maximum atomic E-state index is 12.7. The maximum Gasteiger partial charge on any atom is 0.320 e. The molecule has 1 heterocycles. The number of piperidine rings is 1. The lowest BCUT2D eigenvalue weighted by Gasteiger charge is -2.41. The minimum absolute atomic E-state index is 0.0556. The molecule has 0 aromatic rings. The van der Waals surface area contributed by atoms with E-state index in [2.05, 4.69) is 0 Å². The highest BCUT2D eigenvalue weighted by atomic mass is 16.4. The first-order chi connectivity index (χ1) is 10.1. The Morgan fingerprint density at radius 1 is 1.10 bits per heavy atom. The summed E-state index contributed by atoms with van der Waals surface area (Å²) in [6, 6.07) is 0.366. The molecule has 0 radical (unpaired) electrons. The number of hydrogen-bond acceptors (Lipinski definition) is 2. The summed E-state index contributed by atoms with van der Waals surface area (Å²) in [5, 5.41) is 8.84. The Balaban J connectivity index is 1.55. The predicted molar refractivity (Wildman–Crippen MR) is 79.1 cm³/mol. The molecule has 2 aliphatic carbocycles. The van der Waals surface area contributed by atoms with E-state index in [-0.39, 0.29) is 12.5 Å². The Labute approximate surface area is 126 Å². The number of rotatable bonds is 4. The van der Waals surface area contributed by atoms with Crippen LogP contribution < -0.4 is 0 Å². The molecule has 3 fully saturated rings. The van der Waals surface area contributed by atoms with Crippen LogP contribution in [0.15, 0.2) is 0 Å². The normalized spacial score (nSPS) is 24.3. The number of aliphatic carboxylic acids is 1. The summed E-state index contributed by atoms with van der Waals surface area (Å²) in [6.07, 6.45) is 9.75. The Bertz CT molecular complexity index is 404. The van der Waals surface area contributed by atoms with Crippen molar-refractivity contribution in [3.05, 3.63) is 0 Å². The summed E-state index contributed by atoms with van der Waals surface area (Å²) in [7, 11) is 0. The second kappa shape index (κ2) is 5.85. The van der Waals surface area contributed by atoms with Crippen molar-refractivity contribution in [2.24, 2.45) is 5.41 Å². The summed E-state index contributed by atoms with van der Waals surface area (Å²) in [5.74, 6) is -0.822. The van der Waals surface area contributed by atoms with Gasteiger partial charge in [-0.05, 0) is 43.9 Å². The van der Waals surface area contributed by atoms with Crippen molar-refractivity contribution in [2.45, 2.75) is 63.8 Å². The van der Waals surface area contributed by atoms with E-state index >= 15 is 0 Å². The van der Waals surface area contributed by atoms with E-state index < -0.39 is 5.97 Å². The van der Waals surface area contributed by atoms with Crippen molar-refractivity contribution in [1.29, 1.82) is 0 Å². The van der Waals surface area contributed by atoms with Crippen LogP contribution in [0.25, 0.3) is 0 Å². The van der Waals surface area contributed by atoms with Crippen LogP contribution in [0.2, 0.25) is 0 Å². The fourth-order valence-corrected chi connectivity index (χ4v) is 4.02. The lowest BCUT2D eigenvalue weighted by Crippen LogP contribution is -2.49. The van der Waals surface area contributed by atoms with Crippen LogP contribution in [0.5, 0.6) is 0 Å². The van der Waals surface area contributed by atoms with Gasteiger partial charge < -0.3 is 14.9 Å². The average Bonchev–Trinajstić information content (AvgIpc) is 3.20. The third-order valence-electron chi connectivity index (χ3n) is 5.56. The molecular weight excluding hydrogens is 268 g/mol. The lowest BCUT2D eigenvalue weighted by atomic mass is 9.77. The zero-order valence-corrected chi connectivity index (χ0v) is 12.7. The molecule has 1 saturated heterocycles. The van der Waals surface area contributed by atoms with Gasteiger partial charge in [-0.1, -0.05) is 12.8 Å². The molecule has 5 heteroatoms. The van der Waals surface area contributed by atoms with Crippen LogP contribution in [-0.4, -0.2) is 52.6 Å². The predicted octanol–water partition coefficient (Wildman–Crippen LogP) is 2.70. The molecule has 0 aromatic heterocycles. The van der Waals surface area contributed by atoms with Crippen LogP contribution >= 0.6 is 0 Å². The molecule has 5 nitrogen and oxygen atoms in total. The Hall–Kier alpha value is -1.26. The third kappa shape index (κ3) is 3.33. The summed E-state index contributed by atoms with van der Waals surface area (Å²) < 4.78 is 0. The highest BCUT2D eigenvalue weighted by molar-refractivity contribution is 5.76. The Morgan fingerprint density at radius 2 is 1.71 bits per heavy atom. The second-order valence-electron chi connectivity index (χ2n) is 7.05. The molecule has 1 aliphatic heterocycles. The van der Waals surface area contributed by atoms with E-state index in [0.717, 1.165) is 38.8 Å². The van der Waals surface area contributed by atoms with Crippen molar-refractivity contribution < 1.29 is 14.7 Å². The molecule has 2 saturated carbocycles. The fourth-order valence-electron chi connectivity index (χ4n) is 4.02. The minimum atomic E-state index is -0.822. The van der Waals surface area contributed by atoms with Gasteiger partial charge in [-0.15, -0.1) is 0 Å². The van der Waals surface area contributed by atoms with E-state index in [1.54, 1.807) is 4.90 Å². The first kappa shape index (κ1) is 14.7. The molecule has 0 unspecified atom stereocenters. The van der Waals surface area contributed by atoms with Crippen LogP contribution in [0.1, 0.15) is 57.8 Å². The molecule has 118 valence electrons. The number of carbonyl (C=O) groups excluding carboxylic acids is 1. The van der Waals surface area contributed by atoms with E-state index in [4.69, 9.17) is 5.11 Å². The number of likely N-dealkylation sites (tertiary alicyclic amines) is 1. The first-order valence-electron chi connectivity index (χ1n) is 8.37. The topological polar surface area (TPSA) is 60.9 Å². The number of carbonyl (C=O) groups is 2. The van der Waals surface area contributed by atoms with Crippen LogP contribution in [0, 0.1) is 5.41 Å². The zero-order chi connectivity index (χ0) is 14.9. The van der Waals surface area contributed by atoms with Gasteiger partial charge in [0.15, 0.2) is 0 Å². The number of urea groups is 1. The molecule has 2 amide bonds. The van der Waals surface area contributed by atoms with E-state index in [0.29, 0.717) is 18.0 Å². The highest BCUT2D eigenvalue weighted by Gasteiger charge is 2.40. The van der Waals surface area contributed by atoms with Gasteiger partial charge in [0.25, 0.3) is 0 Å². The molecule has 0 atom stereocenters. The summed E-state index contributed by atoms with van der Waals surface area (Å²) in [4.78, 5) is 27.2. The molecule has 1 spiro atoms.